The number of aryl methyl sites for hydroxylation is 1. The number of hydrogen-bond acceptors (Lipinski definition) is 4. The molecule has 0 atom stereocenters. The molecule has 3 rings (SSSR count). The molecule has 0 aliphatic heterocycles. The van der Waals surface area contributed by atoms with Gasteiger partial charge in [0.05, 0.1) is 12.5 Å². The highest BCUT2D eigenvalue weighted by molar-refractivity contribution is 5.72. The third-order valence-electron chi connectivity index (χ3n) is 3.17. The molecular formula is C15H17N5. The highest BCUT2D eigenvalue weighted by atomic mass is 15.1. The molecule has 0 amide bonds. The molecule has 0 saturated heterocycles. The Morgan fingerprint density at radius 2 is 1.85 bits per heavy atom. The zero-order valence-corrected chi connectivity index (χ0v) is 11.9. The van der Waals surface area contributed by atoms with Crippen LogP contribution in [0.3, 0.4) is 0 Å². The van der Waals surface area contributed by atoms with Crippen LogP contribution in [-0.2, 0) is 13.6 Å². The quantitative estimate of drug-likeness (QED) is 0.729. The van der Waals surface area contributed by atoms with Crippen molar-refractivity contribution in [2.24, 2.45) is 7.05 Å². The van der Waals surface area contributed by atoms with Gasteiger partial charge in [0.1, 0.15) is 5.52 Å². The summed E-state index contributed by atoms with van der Waals surface area (Å²) in [7, 11) is 6.06. The number of rotatable bonds is 3. The number of nitrogens with zero attached hydrogens (tertiary/aromatic N) is 5. The van der Waals surface area contributed by atoms with Crippen molar-refractivity contribution in [1.82, 2.24) is 24.4 Å². The SMILES string of the molecule is CN(C)Cc1ccc(-c2ncc3ncn(C)c3n2)cc1. The normalized spacial score (nSPS) is 11.4. The van der Waals surface area contributed by atoms with Crippen LogP contribution in [0.15, 0.2) is 36.8 Å². The topological polar surface area (TPSA) is 46.8 Å². The summed E-state index contributed by atoms with van der Waals surface area (Å²) in [6.45, 7) is 0.932. The van der Waals surface area contributed by atoms with Gasteiger partial charge in [-0.2, -0.15) is 0 Å². The summed E-state index contributed by atoms with van der Waals surface area (Å²) in [6, 6.07) is 8.37. The number of imidazole rings is 1. The van der Waals surface area contributed by atoms with Gasteiger partial charge < -0.3 is 9.47 Å². The molecule has 2 aromatic heterocycles. The van der Waals surface area contributed by atoms with Crippen LogP contribution in [0, 0.1) is 0 Å². The Labute approximate surface area is 117 Å². The van der Waals surface area contributed by atoms with Gasteiger partial charge in [0.15, 0.2) is 11.5 Å². The lowest BCUT2D eigenvalue weighted by molar-refractivity contribution is 0.402. The minimum absolute atomic E-state index is 0.734. The average Bonchev–Trinajstić information content (AvgIpc) is 2.80. The standard InChI is InChI=1S/C15H17N5/c1-19(2)9-11-4-6-12(7-5-11)14-16-8-13-15(18-14)20(3)10-17-13/h4-8,10H,9H2,1-3H3. The van der Waals surface area contributed by atoms with Gasteiger partial charge in [-0.25, -0.2) is 15.0 Å². The summed E-state index contributed by atoms with van der Waals surface area (Å²) >= 11 is 0. The largest absolute Gasteiger partial charge is 0.318 e. The zero-order valence-electron chi connectivity index (χ0n) is 11.9. The Balaban J connectivity index is 1.95. The first-order valence-corrected chi connectivity index (χ1v) is 6.51. The van der Waals surface area contributed by atoms with Crippen molar-refractivity contribution in [3.63, 3.8) is 0 Å². The van der Waals surface area contributed by atoms with E-state index >= 15 is 0 Å². The maximum atomic E-state index is 4.57. The highest BCUT2D eigenvalue weighted by Gasteiger charge is 2.06. The molecule has 1 aromatic carbocycles. The van der Waals surface area contributed by atoms with Gasteiger partial charge in [0, 0.05) is 19.2 Å². The fraction of sp³-hybridized carbons (Fsp3) is 0.267. The Morgan fingerprint density at radius 1 is 1.10 bits per heavy atom. The second kappa shape index (κ2) is 5.02. The van der Waals surface area contributed by atoms with Gasteiger partial charge in [-0.3, -0.25) is 0 Å². The second-order valence-electron chi connectivity index (χ2n) is 5.19. The summed E-state index contributed by atoms with van der Waals surface area (Å²) in [5, 5.41) is 0. The van der Waals surface area contributed by atoms with Crippen LogP contribution in [0.25, 0.3) is 22.6 Å². The number of benzene rings is 1. The molecule has 0 fully saturated rings. The first-order chi connectivity index (χ1) is 9.63. The van der Waals surface area contributed by atoms with E-state index in [1.807, 2.05) is 11.6 Å². The zero-order chi connectivity index (χ0) is 14.1. The minimum Gasteiger partial charge on any atom is -0.318 e. The predicted molar refractivity (Wildman–Crippen MR) is 79.1 cm³/mol. The van der Waals surface area contributed by atoms with Gasteiger partial charge >= 0.3 is 0 Å². The molecule has 3 aromatic rings. The Bertz CT molecular complexity index is 728. The van der Waals surface area contributed by atoms with E-state index in [2.05, 4.69) is 58.2 Å². The molecule has 0 saturated carbocycles. The molecule has 0 spiro atoms. The molecule has 0 unspecified atom stereocenters. The summed E-state index contributed by atoms with van der Waals surface area (Å²) in [4.78, 5) is 15.3. The molecule has 0 aliphatic rings. The van der Waals surface area contributed by atoms with Crippen LogP contribution in [-0.4, -0.2) is 38.5 Å². The number of hydrogen-bond donors (Lipinski definition) is 0. The van der Waals surface area contributed by atoms with Crippen molar-refractivity contribution in [2.45, 2.75) is 6.54 Å². The van der Waals surface area contributed by atoms with Crippen LogP contribution in [0.1, 0.15) is 5.56 Å². The Kier molecular flexibility index (Phi) is 3.20. The van der Waals surface area contributed by atoms with Gasteiger partial charge in [0.25, 0.3) is 0 Å². The maximum absolute atomic E-state index is 4.57. The average molecular weight is 267 g/mol. The van der Waals surface area contributed by atoms with Crippen LogP contribution in [0.2, 0.25) is 0 Å². The smallest absolute Gasteiger partial charge is 0.163 e. The van der Waals surface area contributed by atoms with Crippen molar-refractivity contribution < 1.29 is 0 Å². The second-order valence-corrected chi connectivity index (χ2v) is 5.19. The lowest BCUT2D eigenvalue weighted by atomic mass is 10.1. The van der Waals surface area contributed by atoms with E-state index < -0.39 is 0 Å². The summed E-state index contributed by atoms with van der Waals surface area (Å²) in [5.41, 5.74) is 3.98. The third-order valence-corrected chi connectivity index (χ3v) is 3.17. The lowest BCUT2D eigenvalue weighted by Gasteiger charge is -2.09. The van der Waals surface area contributed by atoms with E-state index in [0.29, 0.717) is 0 Å². The first kappa shape index (κ1) is 12.7. The predicted octanol–water partition coefficient (Wildman–Crippen LogP) is 2.09. The molecule has 0 aliphatic carbocycles. The summed E-state index contributed by atoms with van der Waals surface area (Å²) in [5.74, 6) is 0.734. The molecule has 2 heterocycles. The number of fused-ring (bicyclic) bond motifs is 1. The summed E-state index contributed by atoms with van der Waals surface area (Å²) in [6.07, 6.45) is 3.52. The highest BCUT2D eigenvalue weighted by Crippen LogP contribution is 2.18. The van der Waals surface area contributed by atoms with Crippen LogP contribution < -0.4 is 0 Å². The molecule has 20 heavy (non-hydrogen) atoms. The van der Waals surface area contributed by atoms with Crippen LogP contribution in [0.4, 0.5) is 0 Å². The monoisotopic (exact) mass is 267 g/mol. The number of aromatic nitrogens is 4. The van der Waals surface area contributed by atoms with Crippen molar-refractivity contribution in [3.05, 3.63) is 42.4 Å². The van der Waals surface area contributed by atoms with Gasteiger partial charge in [-0.05, 0) is 19.7 Å². The Hall–Kier alpha value is -2.27. The van der Waals surface area contributed by atoms with Crippen molar-refractivity contribution >= 4 is 11.2 Å². The van der Waals surface area contributed by atoms with E-state index in [-0.39, 0.29) is 0 Å². The lowest BCUT2D eigenvalue weighted by Crippen LogP contribution is -2.10. The van der Waals surface area contributed by atoms with E-state index in [0.717, 1.165) is 29.1 Å². The molecular weight excluding hydrogens is 250 g/mol. The molecule has 5 heteroatoms. The van der Waals surface area contributed by atoms with Crippen molar-refractivity contribution in [3.8, 4) is 11.4 Å². The van der Waals surface area contributed by atoms with Crippen LogP contribution >= 0.6 is 0 Å². The van der Waals surface area contributed by atoms with E-state index in [9.17, 15) is 0 Å². The third kappa shape index (κ3) is 2.40. The molecule has 102 valence electrons. The molecule has 0 N–H and O–H groups in total. The molecule has 5 nitrogen and oxygen atoms in total. The Morgan fingerprint density at radius 3 is 2.55 bits per heavy atom. The van der Waals surface area contributed by atoms with Gasteiger partial charge in [-0.1, -0.05) is 24.3 Å². The maximum Gasteiger partial charge on any atom is 0.163 e. The van der Waals surface area contributed by atoms with Crippen molar-refractivity contribution in [1.29, 1.82) is 0 Å². The van der Waals surface area contributed by atoms with E-state index in [4.69, 9.17) is 0 Å². The van der Waals surface area contributed by atoms with Gasteiger partial charge in [-0.15, -0.1) is 0 Å². The first-order valence-electron chi connectivity index (χ1n) is 6.51. The van der Waals surface area contributed by atoms with E-state index in [1.165, 1.54) is 5.56 Å². The van der Waals surface area contributed by atoms with Crippen molar-refractivity contribution in [2.75, 3.05) is 14.1 Å². The minimum atomic E-state index is 0.734. The van der Waals surface area contributed by atoms with Gasteiger partial charge in [0.2, 0.25) is 0 Å². The fourth-order valence-corrected chi connectivity index (χ4v) is 2.18. The summed E-state index contributed by atoms with van der Waals surface area (Å²) < 4.78 is 1.90. The molecule has 0 bridgehead atoms. The fourth-order valence-electron chi connectivity index (χ4n) is 2.18. The van der Waals surface area contributed by atoms with Crippen LogP contribution in [0.5, 0.6) is 0 Å². The van der Waals surface area contributed by atoms with E-state index in [1.54, 1.807) is 12.5 Å². The molecule has 0 radical (unpaired) electrons.